The van der Waals surface area contributed by atoms with Crippen molar-refractivity contribution < 1.29 is 19.1 Å². The Morgan fingerprint density at radius 2 is 1.73 bits per heavy atom. The van der Waals surface area contributed by atoms with Crippen molar-refractivity contribution in [1.29, 1.82) is 5.26 Å². The molecule has 2 aromatic carbocycles. The number of amides is 2. The van der Waals surface area contributed by atoms with E-state index in [2.05, 4.69) is 10.6 Å². The van der Waals surface area contributed by atoms with Crippen LogP contribution in [-0.4, -0.2) is 29.9 Å². The molecule has 2 aromatic rings. The first-order valence-electron chi connectivity index (χ1n) is 9.65. The van der Waals surface area contributed by atoms with E-state index < -0.39 is 24.0 Å². The first-order chi connectivity index (χ1) is 14.3. The summed E-state index contributed by atoms with van der Waals surface area (Å²) in [6.07, 6.45) is -0.932. The Bertz CT molecular complexity index is 935. The molecule has 2 rings (SSSR count). The predicted molar refractivity (Wildman–Crippen MR) is 112 cm³/mol. The molecule has 0 aliphatic rings. The first-order valence-corrected chi connectivity index (χ1v) is 9.65. The summed E-state index contributed by atoms with van der Waals surface area (Å²) in [5, 5.41) is 14.2. The van der Waals surface area contributed by atoms with E-state index in [1.807, 2.05) is 36.4 Å². The second-order valence-corrected chi connectivity index (χ2v) is 7.21. The van der Waals surface area contributed by atoms with Gasteiger partial charge in [-0.1, -0.05) is 50.2 Å². The second-order valence-electron chi connectivity index (χ2n) is 7.21. The van der Waals surface area contributed by atoms with Crippen molar-refractivity contribution in [3.05, 3.63) is 65.7 Å². The number of hydrogen-bond acceptors (Lipinski definition) is 5. The Hall–Kier alpha value is -3.66. The summed E-state index contributed by atoms with van der Waals surface area (Å²) in [5.74, 6) is -1.74. The molecule has 0 fully saturated rings. The zero-order valence-corrected chi connectivity index (χ0v) is 17.2. The quantitative estimate of drug-likeness (QED) is 0.654. The fraction of sp³-hybridized carbons (Fsp3) is 0.304. The highest BCUT2D eigenvalue weighted by molar-refractivity contribution is 5.96. The molecule has 0 saturated carbocycles. The number of carbonyl (C=O) groups is 3. The van der Waals surface area contributed by atoms with Crippen LogP contribution in [0.15, 0.2) is 54.6 Å². The van der Waals surface area contributed by atoms with Gasteiger partial charge in [0.2, 0.25) is 5.91 Å². The van der Waals surface area contributed by atoms with Crippen LogP contribution in [0.4, 0.5) is 5.69 Å². The average Bonchev–Trinajstić information content (AvgIpc) is 2.72. The molecule has 7 nitrogen and oxygen atoms in total. The maximum Gasteiger partial charge on any atom is 0.329 e. The summed E-state index contributed by atoms with van der Waals surface area (Å²) in [5.41, 5.74) is 1.66. The standard InChI is InChI=1S/C23H25N3O4/c1-15(2)21(26-20(27)13-17-8-5-4-6-9-17)23(29)30-16(3)22(28)25-19-11-7-10-18(12-19)14-24/h4-12,15-16,21H,13H2,1-3H3,(H,25,28)(H,26,27)/t16-,21+/m1/s1. The normalized spacial score (nSPS) is 12.4. The number of nitriles is 1. The minimum absolute atomic E-state index is 0.141. The molecule has 0 spiro atoms. The Morgan fingerprint density at radius 1 is 1.03 bits per heavy atom. The van der Waals surface area contributed by atoms with Crippen LogP contribution in [0.1, 0.15) is 31.9 Å². The highest BCUT2D eigenvalue weighted by Gasteiger charge is 2.29. The number of ether oxygens (including phenoxy) is 1. The minimum Gasteiger partial charge on any atom is -0.451 e. The van der Waals surface area contributed by atoms with E-state index in [0.29, 0.717) is 11.3 Å². The van der Waals surface area contributed by atoms with E-state index in [1.165, 1.54) is 13.0 Å². The SMILES string of the molecule is CC(C)[C@H](NC(=O)Cc1ccccc1)C(=O)O[C@H](C)C(=O)Nc1cccc(C#N)c1. The van der Waals surface area contributed by atoms with Gasteiger partial charge in [0.1, 0.15) is 6.04 Å². The molecular formula is C23H25N3O4. The molecule has 0 saturated heterocycles. The molecule has 0 radical (unpaired) electrons. The molecule has 0 heterocycles. The van der Waals surface area contributed by atoms with Crippen molar-refractivity contribution in [3.63, 3.8) is 0 Å². The molecule has 0 aromatic heterocycles. The Balaban J connectivity index is 1.95. The smallest absolute Gasteiger partial charge is 0.329 e. The lowest BCUT2D eigenvalue weighted by molar-refractivity contribution is -0.157. The number of anilines is 1. The monoisotopic (exact) mass is 407 g/mol. The van der Waals surface area contributed by atoms with Gasteiger partial charge in [0.15, 0.2) is 6.10 Å². The number of benzene rings is 2. The summed E-state index contributed by atoms with van der Waals surface area (Å²) in [7, 11) is 0. The molecule has 2 N–H and O–H groups in total. The van der Waals surface area contributed by atoms with Gasteiger partial charge in [-0.3, -0.25) is 9.59 Å². The van der Waals surface area contributed by atoms with Gasteiger partial charge in [-0.25, -0.2) is 4.79 Å². The number of nitrogens with zero attached hydrogens (tertiary/aromatic N) is 1. The van der Waals surface area contributed by atoms with Crippen LogP contribution >= 0.6 is 0 Å². The number of rotatable bonds is 8. The van der Waals surface area contributed by atoms with Gasteiger partial charge in [0.25, 0.3) is 5.91 Å². The van der Waals surface area contributed by atoms with Crippen molar-refractivity contribution in [1.82, 2.24) is 5.32 Å². The molecule has 0 unspecified atom stereocenters. The van der Waals surface area contributed by atoms with Crippen LogP contribution in [0.5, 0.6) is 0 Å². The summed E-state index contributed by atoms with van der Waals surface area (Å²) in [4.78, 5) is 37.3. The zero-order chi connectivity index (χ0) is 22.1. The third kappa shape index (κ3) is 6.74. The van der Waals surface area contributed by atoms with Crippen LogP contribution in [0.2, 0.25) is 0 Å². The maximum atomic E-state index is 12.6. The van der Waals surface area contributed by atoms with Crippen LogP contribution in [0.25, 0.3) is 0 Å². The molecule has 0 aliphatic carbocycles. The minimum atomic E-state index is -1.07. The second kappa shape index (κ2) is 10.8. The molecule has 0 bridgehead atoms. The first kappa shape index (κ1) is 22.6. The molecule has 156 valence electrons. The molecule has 7 heteroatoms. The van der Waals surface area contributed by atoms with Gasteiger partial charge >= 0.3 is 5.97 Å². The largest absolute Gasteiger partial charge is 0.451 e. The van der Waals surface area contributed by atoms with Crippen LogP contribution in [0, 0.1) is 17.2 Å². The van der Waals surface area contributed by atoms with E-state index >= 15 is 0 Å². The molecule has 2 amide bonds. The van der Waals surface area contributed by atoms with E-state index in [1.54, 1.807) is 32.0 Å². The van der Waals surface area contributed by atoms with E-state index in [9.17, 15) is 14.4 Å². The van der Waals surface area contributed by atoms with E-state index in [4.69, 9.17) is 10.00 Å². The molecular weight excluding hydrogens is 382 g/mol. The number of carbonyl (C=O) groups excluding carboxylic acids is 3. The lowest BCUT2D eigenvalue weighted by atomic mass is 10.0. The fourth-order valence-electron chi connectivity index (χ4n) is 2.71. The van der Waals surface area contributed by atoms with Crippen molar-refractivity contribution in [3.8, 4) is 6.07 Å². The van der Waals surface area contributed by atoms with Crippen LogP contribution in [-0.2, 0) is 25.5 Å². The summed E-state index contributed by atoms with van der Waals surface area (Å²) >= 11 is 0. The summed E-state index contributed by atoms with van der Waals surface area (Å²) in [6, 6.07) is 16.7. The van der Waals surface area contributed by atoms with Gasteiger partial charge in [-0.05, 0) is 36.6 Å². The van der Waals surface area contributed by atoms with Crippen LogP contribution in [0.3, 0.4) is 0 Å². The zero-order valence-electron chi connectivity index (χ0n) is 17.2. The third-order valence-corrected chi connectivity index (χ3v) is 4.37. The van der Waals surface area contributed by atoms with Crippen molar-refractivity contribution >= 4 is 23.5 Å². The van der Waals surface area contributed by atoms with Crippen molar-refractivity contribution in [2.24, 2.45) is 5.92 Å². The number of hydrogen-bond donors (Lipinski definition) is 2. The third-order valence-electron chi connectivity index (χ3n) is 4.37. The Labute approximate surface area is 176 Å². The summed E-state index contributed by atoms with van der Waals surface area (Å²) in [6.45, 7) is 5.02. The summed E-state index contributed by atoms with van der Waals surface area (Å²) < 4.78 is 5.28. The highest BCUT2D eigenvalue weighted by Crippen LogP contribution is 2.12. The number of esters is 1. The van der Waals surface area contributed by atoms with Crippen molar-refractivity contribution in [2.45, 2.75) is 39.3 Å². The highest BCUT2D eigenvalue weighted by atomic mass is 16.5. The lowest BCUT2D eigenvalue weighted by Crippen LogP contribution is -2.47. The Morgan fingerprint density at radius 3 is 2.37 bits per heavy atom. The van der Waals surface area contributed by atoms with Gasteiger partial charge < -0.3 is 15.4 Å². The number of nitrogens with one attached hydrogen (secondary N) is 2. The van der Waals surface area contributed by atoms with Gasteiger partial charge in [-0.15, -0.1) is 0 Å². The topological polar surface area (TPSA) is 108 Å². The van der Waals surface area contributed by atoms with Gasteiger partial charge in [0.05, 0.1) is 18.1 Å². The lowest BCUT2D eigenvalue weighted by Gasteiger charge is -2.23. The van der Waals surface area contributed by atoms with Crippen molar-refractivity contribution in [2.75, 3.05) is 5.32 Å². The van der Waals surface area contributed by atoms with Crippen LogP contribution < -0.4 is 10.6 Å². The molecule has 30 heavy (non-hydrogen) atoms. The van der Waals surface area contributed by atoms with Gasteiger partial charge in [-0.2, -0.15) is 5.26 Å². The fourth-order valence-corrected chi connectivity index (χ4v) is 2.71. The van der Waals surface area contributed by atoms with E-state index in [-0.39, 0.29) is 18.2 Å². The Kier molecular flexibility index (Phi) is 8.12. The molecule has 2 atom stereocenters. The average molecular weight is 407 g/mol. The predicted octanol–water partition coefficient (Wildman–Crippen LogP) is 2.81. The van der Waals surface area contributed by atoms with E-state index in [0.717, 1.165) is 5.56 Å². The maximum absolute atomic E-state index is 12.6. The molecule has 0 aliphatic heterocycles. The van der Waals surface area contributed by atoms with Gasteiger partial charge in [0, 0.05) is 5.69 Å².